The van der Waals surface area contributed by atoms with E-state index >= 15 is 0 Å². The molecule has 0 spiro atoms. The fourth-order valence-corrected chi connectivity index (χ4v) is 3.52. The molecular formula is C19H31N. The predicted molar refractivity (Wildman–Crippen MR) is 88.2 cm³/mol. The number of rotatable bonds is 7. The molecule has 0 aliphatic heterocycles. The molecule has 0 heterocycles. The Labute approximate surface area is 125 Å². The Kier molecular flexibility index (Phi) is 5.65. The summed E-state index contributed by atoms with van der Waals surface area (Å²) in [5.74, 6) is 0. The Morgan fingerprint density at radius 3 is 2.65 bits per heavy atom. The molecule has 1 aliphatic carbocycles. The molecule has 0 amide bonds. The minimum Gasteiger partial charge on any atom is -0.314 e. The van der Waals surface area contributed by atoms with E-state index in [-0.39, 0.29) is 0 Å². The molecule has 1 aliphatic rings. The van der Waals surface area contributed by atoms with E-state index < -0.39 is 0 Å². The Morgan fingerprint density at radius 1 is 1.25 bits per heavy atom. The maximum absolute atomic E-state index is 3.80. The van der Waals surface area contributed by atoms with Crippen LogP contribution in [0.1, 0.15) is 63.5 Å². The molecule has 1 heteroatoms. The number of nitrogens with one attached hydrogen (secondary N) is 1. The van der Waals surface area contributed by atoms with Gasteiger partial charge in [0, 0.05) is 12.6 Å². The highest BCUT2D eigenvalue weighted by atomic mass is 14.9. The van der Waals surface area contributed by atoms with Crippen molar-refractivity contribution in [2.45, 2.75) is 71.8 Å². The molecule has 112 valence electrons. The van der Waals surface area contributed by atoms with Gasteiger partial charge < -0.3 is 5.32 Å². The van der Waals surface area contributed by atoms with Crippen molar-refractivity contribution in [1.82, 2.24) is 5.32 Å². The molecule has 1 aromatic rings. The first-order chi connectivity index (χ1) is 9.63. The second-order valence-corrected chi connectivity index (χ2v) is 6.87. The van der Waals surface area contributed by atoms with Crippen LogP contribution < -0.4 is 5.32 Å². The van der Waals surface area contributed by atoms with Crippen LogP contribution in [0.2, 0.25) is 0 Å². The second kappa shape index (κ2) is 7.26. The molecule has 2 rings (SSSR count). The molecular weight excluding hydrogens is 242 g/mol. The predicted octanol–water partition coefficient (Wildman–Crippen LogP) is 4.88. The monoisotopic (exact) mass is 273 g/mol. The molecule has 1 unspecified atom stereocenters. The van der Waals surface area contributed by atoms with E-state index in [0.29, 0.717) is 11.5 Å². The van der Waals surface area contributed by atoms with Gasteiger partial charge in [-0.15, -0.1) is 0 Å². The highest BCUT2D eigenvalue weighted by Gasteiger charge is 2.31. The summed E-state index contributed by atoms with van der Waals surface area (Å²) in [5.41, 5.74) is 3.46. The molecule has 0 bridgehead atoms. The van der Waals surface area contributed by atoms with Crippen molar-refractivity contribution in [1.29, 1.82) is 0 Å². The molecule has 1 atom stereocenters. The number of benzene rings is 1. The fraction of sp³-hybridized carbons (Fsp3) is 0.684. The molecule has 0 saturated heterocycles. The number of hydrogen-bond acceptors (Lipinski definition) is 1. The third-order valence-corrected chi connectivity index (χ3v) is 5.19. The van der Waals surface area contributed by atoms with Gasteiger partial charge in [-0.25, -0.2) is 0 Å². The zero-order valence-electron chi connectivity index (χ0n) is 13.5. The van der Waals surface area contributed by atoms with E-state index in [1.807, 2.05) is 0 Å². The third-order valence-electron chi connectivity index (χ3n) is 5.19. The van der Waals surface area contributed by atoms with E-state index in [2.05, 4.69) is 50.4 Å². The third kappa shape index (κ3) is 4.34. The Bertz CT molecular complexity index is 404. The zero-order chi connectivity index (χ0) is 14.4. The minimum atomic E-state index is 0.609. The second-order valence-electron chi connectivity index (χ2n) is 6.87. The van der Waals surface area contributed by atoms with Crippen LogP contribution in [-0.2, 0) is 6.42 Å². The molecule has 0 radical (unpaired) electrons. The van der Waals surface area contributed by atoms with Crippen molar-refractivity contribution in [3.63, 3.8) is 0 Å². The average molecular weight is 273 g/mol. The average Bonchev–Trinajstić information content (AvgIpc) is 2.92. The van der Waals surface area contributed by atoms with Crippen molar-refractivity contribution >= 4 is 0 Å². The van der Waals surface area contributed by atoms with Gasteiger partial charge in [-0.1, -0.05) is 49.6 Å². The van der Waals surface area contributed by atoms with Gasteiger partial charge in [0.2, 0.25) is 0 Å². The van der Waals surface area contributed by atoms with Crippen molar-refractivity contribution in [3.8, 4) is 0 Å². The highest BCUT2D eigenvalue weighted by Crippen LogP contribution is 2.40. The highest BCUT2D eigenvalue weighted by molar-refractivity contribution is 5.22. The normalized spacial score (nSPS) is 19.1. The Balaban J connectivity index is 1.74. The first-order valence-corrected chi connectivity index (χ1v) is 8.42. The standard InChI is InChI=1S/C19H31N/c1-4-19(12-5-6-13-19)15-20-17(3)10-11-18-9-7-8-16(2)14-18/h7-9,14,17,20H,4-6,10-13,15H2,1-3H3. The van der Waals surface area contributed by atoms with Crippen LogP contribution in [0.25, 0.3) is 0 Å². The van der Waals surface area contributed by atoms with E-state index in [9.17, 15) is 0 Å². The lowest BCUT2D eigenvalue weighted by atomic mass is 9.83. The van der Waals surface area contributed by atoms with Gasteiger partial charge in [0.05, 0.1) is 0 Å². The summed E-state index contributed by atoms with van der Waals surface area (Å²) >= 11 is 0. The smallest absolute Gasteiger partial charge is 0.00421 e. The van der Waals surface area contributed by atoms with Crippen molar-refractivity contribution in [3.05, 3.63) is 35.4 Å². The summed E-state index contributed by atoms with van der Waals surface area (Å²) in [6.45, 7) is 8.10. The largest absolute Gasteiger partial charge is 0.314 e. The zero-order valence-corrected chi connectivity index (χ0v) is 13.5. The SMILES string of the molecule is CCC1(CNC(C)CCc2cccc(C)c2)CCCC1. The lowest BCUT2D eigenvalue weighted by molar-refractivity contribution is 0.256. The lowest BCUT2D eigenvalue weighted by Crippen LogP contribution is -2.37. The molecule has 1 nitrogen and oxygen atoms in total. The first kappa shape index (κ1) is 15.6. The van der Waals surface area contributed by atoms with Gasteiger partial charge in [-0.2, -0.15) is 0 Å². The molecule has 0 aromatic heterocycles. The Hall–Kier alpha value is -0.820. The van der Waals surface area contributed by atoms with Crippen molar-refractivity contribution in [2.24, 2.45) is 5.41 Å². The molecule has 1 N–H and O–H groups in total. The minimum absolute atomic E-state index is 0.609. The van der Waals surface area contributed by atoms with Crippen LogP contribution in [0.15, 0.2) is 24.3 Å². The molecule has 1 aromatic carbocycles. The van der Waals surface area contributed by atoms with Crippen molar-refractivity contribution < 1.29 is 0 Å². The van der Waals surface area contributed by atoms with Gasteiger partial charge in [0.1, 0.15) is 0 Å². The van der Waals surface area contributed by atoms with Crippen LogP contribution in [0.3, 0.4) is 0 Å². The van der Waals surface area contributed by atoms with Crippen molar-refractivity contribution in [2.75, 3.05) is 6.54 Å². The summed E-state index contributed by atoms with van der Waals surface area (Å²) in [5, 5.41) is 3.80. The van der Waals surface area contributed by atoms with Gasteiger partial charge in [-0.3, -0.25) is 0 Å². The fourth-order valence-electron chi connectivity index (χ4n) is 3.52. The van der Waals surface area contributed by atoms with Gasteiger partial charge >= 0.3 is 0 Å². The summed E-state index contributed by atoms with van der Waals surface area (Å²) in [7, 11) is 0. The lowest BCUT2D eigenvalue weighted by Gasteiger charge is -2.29. The molecule has 1 saturated carbocycles. The number of hydrogen-bond donors (Lipinski definition) is 1. The van der Waals surface area contributed by atoms with Crippen LogP contribution in [-0.4, -0.2) is 12.6 Å². The van der Waals surface area contributed by atoms with Gasteiger partial charge in [0.25, 0.3) is 0 Å². The summed E-state index contributed by atoms with van der Waals surface area (Å²) in [4.78, 5) is 0. The maximum atomic E-state index is 3.80. The van der Waals surface area contributed by atoms with E-state index in [1.54, 1.807) is 0 Å². The van der Waals surface area contributed by atoms with E-state index in [4.69, 9.17) is 0 Å². The molecule has 1 fully saturated rings. The van der Waals surface area contributed by atoms with Crippen LogP contribution >= 0.6 is 0 Å². The van der Waals surface area contributed by atoms with Crippen LogP contribution in [0.5, 0.6) is 0 Å². The first-order valence-electron chi connectivity index (χ1n) is 8.42. The van der Waals surface area contributed by atoms with Crippen LogP contribution in [0.4, 0.5) is 0 Å². The summed E-state index contributed by atoms with van der Waals surface area (Å²) in [6.07, 6.45) is 9.51. The summed E-state index contributed by atoms with van der Waals surface area (Å²) < 4.78 is 0. The van der Waals surface area contributed by atoms with E-state index in [0.717, 1.165) is 0 Å². The maximum Gasteiger partial charge on any atom is 0.00421 e. The van der Waals surface area contributed by atoms with Gasteiger partial charge in [0.15, 0.2) is 0 Å². The topological polar surface area (TPSA) is 12.0 Å². The quantitative estimate of drug-likeness (QED) is 0.747. The number of aryl methyl sites for hydroxylation is 2. The Morgan fingerprint density at radius 2 is 2.00 bits per heavy atom. The van der Waals surface area contributed by atoms with Gasteiger partial charge in [-0.05, 0) is 56.9 Å². The summed E-state index contributed by atoms with van der Waals surface area (Å²) in [6, 6.07) is 9.55. The van der Waals surface area contributed by atoms with E-state index in [1.165, 1.54) is 62.6 Å². The van der Waals surface area contributed by atoms with Crippen LogP contribution in [0, 0.1) is 12.3 Å². The molecule has 20 heavy (non-hydrogen) atoms.